The number of nitrogens with zero attached hydrogens (tertiary/aromatic N) is 2. The van der Waals surface area contributed by atoms with E-state index in [-0.39, 0.29) is 6.10 Å². The molecule has 1 atom stereocenters. The molecule has 2 N–H and O–H groups in total. The van der Waals surface area contributed by atoms with Crippen molar-refractivity contribution in [2.45, 2.75) is 26.4 Å². The van der Waals surface area contributed by atoms with Gasteiger partial charge in [-0.1, -0.05) is 0 Å². The van der Waals surface area contributed by atoms with Gasteiger partial charge in [-0.15, -0.1) is 0 Å². The fraction of sp³-hybridized carbons (Fsp3) is 0.667. The van der Waals surface area contributed by atoms with Crippen LogP contribution in [0.5, 0.6) is 5.88 Å². The molecule has 1 saturated heterocycles. The third-order valence-corrected chi connectivity index (χ3v) is 2.70. The van der Waals surface area contributed by atoms with Crippen LogP contribution in [0.2, 0.25) is 0 Å². The summed E-state index contributed by atoms with van der Waals surface area (Å²) < 4.78 is 5.52. The zero-order valence-corrected chi connectivity index (χ0v) is 10.4. The van der Waals surface area contributed by atoms with Crippen LogP contribution >= 0.6 is 0 Å². The maximum absolute atomic E-state index is 5.52. The van der Waals surface area contributed by atoms with E-state index in [1.807, 2.05) is 13.8 Å². The van der Waals surface area contributed by atoms with Gasteiger partial charge in [-0.25, -0.2) is 4.98 Å². The maximum atomic E-state index is 5.52. The molecule has 1 fully saturated rings. The maximum Gasteiger partial charge on any atom is 0.225 e. The normalized spacial score (nSPS) is 19.6. The lowest BCUT2D eigenvalue weighted by atomic mass is 10.1. The van der Waals surface area contributed by atoms with E-state index >= 15 is 0 Å². The predicted molar refractivity (Wildman–Crippen MR) is 67.3 cm³/mol. The average Bonchev–Trinajstić information content (AvgIpc) is 2.79. The van der Waals surface area contributed by atoms with Gasteiger partial charge < -0.3 is 15.4 Å². The van der Waals surface area contributed by atoms with Crippen molar-refractivity contribution >= 4 is 5.95 Å². The number of nitrogens with one attached hydrogen (secondary N) is 2. The van der Waals surface area contributed by atoms with E-state index in [4.69, 9.17) is 4.74 Å². The van der Waals surface area contributed by atoms with Crippen molar-refractivity contribution in [1.82, 2.24) is 15.3 Å². The molecule has 0 aliphatic carbocycles. The molecule has 17 heavy (non-hydrogen) atoms. The molecule has 5 nitrogen and oxygen atoms in total. The molecule has 94 valence electrons. The summed E-state index contributed by atoms with van der Waals surface area (Å²) in [5.74, 6) is 1.95. The minimum Gasteiger partial charge on any atom is -0.475 e. The summed E-state index contributed by atoms with van der Waals surface area (Å²) in [5.41, 5.74) is 0. The van der Waals surface area contributed by atoms with Gasteiger partial charge in [-0.05, 0) is 39.3 Å². The van der Waals surface area contributed by atoms with Gasteiger partial charge in [0.25, 0.3) is 0 Å². The second-order valence-corrected chi connectivity index (χ2v) is 4.62. The van der Waals surface area contributed by atoms with Crippen molar-refractivity contribution in [1.29, 1.82) is 0 Å². The monoisotopic (exact) mass is 236 g/mol. The van der Waals surface area contributed by atoms with Crippen molar-refractivity contribution in [3.8, 4) is 5.88 Å². The molecule has 1 aliphatic rings. The second kappa shape index (κ2) is 5.82. The van der Waals surface area contributed by atoms with Crippen molar-refractivity contribution in [2.75, 3.05) is 25.0 Å². The standard InChI is InChI=1S/C12H20N4O/c1-9(2)17-11-4-6-14-12(16-11)15-8-10-3-5-13-7-10/h4,6,9-10,13H,3,5,7-8H2,1-2H3,(H,14,15,16). The first-order valence-electron chi connectivity index (χ1n) is 6.18. The van der Waals surface area contributed by atoms with E-state index in [0.29, 0.717) is 17.7 Å². The quantitative estimate of drug-likeness (QED) is 0.806. The molecule has 0 amide bonds. The molecule has 1 unspecified atom stereocenters. The van der Waals surface area contributed by atoms with Gasteiger partial charge in [0, 0.05) is 18.8 Å². The van der Waals surface area contributed by atoms with Crippen LogP contribution in [0.3, 0.4) is 0 Å². The van der Waals surface area contributed by atoms with Crippen molar-refractivity contribution in [2.24, 2.45) is 5.92 Å². The third kappa shape index (κ3) is 3.85. The lowest BCUT2D eigenvalue weighted by Crippen LogP contribution is -2.18. The fourth-order valence-electron chi connectivity index (χ4n) is 1.86. The first kappa shape index (κ1) is 12.1. The number of ether oxygens (including phenoxy) is 1. The summed E-state index contributed by atoms with van der Waals surface area (Å²) in [7, 11) is 0. The highest BCUT2D eigenvalue weighted by atomic mass is 16.5. The Labute approximate surface area is 102 Å². The van der Waals surface area contributed by atoms with Crippen LogP contribution < -0.4 is 15.4 Å². The topological polar surface area (TPSA) is 59.1 Å². The van der Waals surface area contributed by atoms with Gasteiger partial charge in [0.15, 0.2) is 0 Å². The molecule has 0 radical (unpaired) electrons. The van der Waals surface area contributed by atoms with Gasteiger partial charge in [0.1, 0.15) is 0 Å². The minimum atomic E-state index is 0.136. The number of anilines is 1. The fourth-order valence-corrected chi connectivity index (χ4v) is 1.86. The van der Waals surface area contributed by atoms with Crippen LogP contribution in [0.25, 0.3) is 0 Å². The molecule has 2 rings (SSSR count). The Kier molecular flexibility index (Phi) is 4.14. The van der Waals surface area contributed by atoms with Crippen LogP contribution in [0, 0.1) is 5.92 Å². The zero-order chi connectivity index (χ0) is 12.1. The van der Waals surface area contributed by atoms with E-state index in [1.54, 1.807) is 12.3 Å². The molecule has 1 aliphatic heterocycles. The van der Waals surface area contributed by atoms with Gasteiger partial charge >= 0.3 is 0 Å². The lowest BCUT2D eigenvalue weighted by molar-refractivity contribution is 0.232. The average molecular weight is 236 g/mol. The predicted octanol–water partition coefficient (Wildman–Crippen LogP) is 1.29. The molecule has 0 aromatic carbocycles. The lowest BCUT2D eigenvalue weighted by Gasteiger charge is -2.12. The summed E-state index contributed by atoms with van der Waals surface area (Å²) in [6.07, 6.45) is 3.08. The third-order valence-electron chi connectivity index (χ3n) is 2.70. The number of rotatable bonds is 5. The first-order chi connectivity index (χ1) is 8.24. The van der Waals surface area contributed by atoms with Crippen LogP contribution in [0.4, 0.5) is 5.95 Å². The van der Waals surface area contributed by atoms with Crippen molar-refractivity contribution < 1.29 is 4.74 Å². The van der Waals surface area contributed by atoms with Gasteiger partial charge in [-0.3, -0.25) is 0 Å². The SMILES string of the molecule is CC(C)Oc1ccnc(NCC2CCNC2)n1. The Hall–Kier alpha value is -1.36. The number of hydrogen-bond acceptors (Lipinski definition) is 5. The molecule has 0 saturated carbocycles. The van der Waals surface area contributed by atoms with Gasteiger partial charge in [0.05, 0.1) is 6.10 Å². The number of hydrogen-bond donors (Lipinski definition) is 2. The Balaban J connectivity index is 1.86. The molecular weight excluding hydrogens is 216 g/mol. The molecule has 2 heterocycles. The zero-order valence-electron chi connectivity index (χ0n) is 10.4. The Morgan fingerprint density at radius 1 is 1.59 bits per heavy atom. The van der Waals surface area contributed by atoms with E-state index in [0.717, 1.165) is 19.6 Å². The van der Waals surface area contributed by atoms with Crippen LogP contribution in [0.1, 0.15) is 20.3 Å². The minimum absolute atomic E-state index is 0.136. The number of aromatic nitrogens is 2. The molecule has 1 aromatic rings. The van der Waals surface area contributed by atoms with Crippen LogP contribution in [-0.4, -0.2) is 35.7 Å². The summed E-state index contributed by atoms with van der Waals surface area (Å²) in [5, 5.41) is 6.60. The molecule has 5 heteroatoms. The van der Waals surface area contributed by atoms with E-state index < -0.39 is 0 Å². The molecular formula is C12H20N4O. The summed E-state index contributed by atoms with van der Waals surface area (Å²) in [4.78, 5) is 8.49. The van der Waals surface area contributed by atoms with Crippen LogP contribution in [0.15, 0.2) is 12.3 Å². The highest BCUT2D eigenvalue weighted by molar-refractivity contribution is 5.27. The van der Waals surface area contributed by atoms with Gasteiger partial charge in [-0.2, -0.15) is 4.98 Å². The summed E-state index contributed by atoms with van der Waals surface area (Å²) in [6, 6.07) is 1.78. The Morgan fingerprint density at radius 2 is 2.47 bits per heavy atom. The van der Waals surface area contributed by atoms with Crippen LogP contribution in [-0.2, 0) is 0 Å². The molecule has 1 aromatic heterocycles. The largest absolute Gasteiger partial charge is 0.475 e. The Bertz CT molecular complexity index is 350. The second-order valence-electron chi connectivity index (χ2n) is 4.62. The Morgan fingerprint density at radius 3 is 3.18 bits per heavy atom. The van der Waals surface area contributed by atoms with Crippen molar-refractivity contribution in [3.63, 3.8) is 0 Å². The van der Waals surface area contributed by atoms with E-state index in [2.05, 4.69) is 20.6 Å². The smallest absolute Gasteiger partial charge is 0.225 e. The van der Waals surface area contributed by atoms with Crippen molar-refractivity contribution in [3.05, 3.63) is 12.3 Å². The summed E-state index contributed by atoms with van der Waals surface area (Å²) >= 11 is 0. The van der Waals surface area contributed by atoms with E-state index in [9.17, 15) is 0 Å². The summed E-state index contributed by atoms with van der Waals surface area (Å²) in [6.45, 7) is 7.08. The van der Waals surface area contributed by atoms with Gasteiger partial charge in [0.2, 0.25) is 11.8 Å². The first-order valence-corrected chi connectivity index (χ1v) is 6.18. The van der Waals surface area contributed by atoms with E-state index in [1.165, 1.54) is 6.42 Å². The molecule has 0 bridgehead atoms. The highest BCUT2D eigenvalue weighted by Gasteiger charge is 2.14. The highest BCUT2D eigenvalue weighted by Crippen LogP contribution is 2.12. The molecule has 0 spiro atoms.